The summed E-state index contributed by atoms with van der Waals surface area (Å²) >= 11 is 0. The third-order valence-corrected chi connectivity index (χ3v) is 3.91. The molecule has 5 N–H and O–H groups in total. The Bertz CT molecular complexity index is 720. The van der Waals surface area contributed by atoms with Crippen molar-refractivity contribution in [2.75, 3.05) is 6.54 Å². The summed E-state index contributed by atoms with van der Waals surface area (Å²) in [7, 11) is 0. The lowest BCUT2D eigenvalue weighted by Crippen LogP contribution is -2.40. The van der Waals surface area contributed by atoms with E-state index in [1.165, 1.54) is 0 Å². The number of carbonyl (C=O) groups excluding carboxylic acids is 2. The number of phenolic OH excluding ortho intramolecular Hbond substituents is 1. The number of phenols is 1. The van der Waals surface area contributed by atoms with Crippen molar-refractivity contribution in [2.45, 2.75) is 32.0 Å². The fourth-order valence-corrected chi connectivity index (χ4v) is 2.35. The lowest BCUT2D eigenvalue weighted by molar-refractivity contribution is -0.122. The SMILES string of the molecule is NC(CCCNC(=O)OCc1ccccc1)C(=O)NCc1ccc(O)cc1. The minimum atomic E-state index is -0.649. The Balaban J connectivity index is 1.56. The number of nitrogens with two attached hydrogens (primary N) is 1. The van der Waals surface area contributed by atoms with E-state index in [-0.39, 0.29) is 18.3 Å². The Hall–Kier alpha value is -3.06. The predicted molar refractivity (Wildman–Crippen MR) is 102 cm³/mol. The van der Waals surface area contributed by atoms with Gasteiger partial charge in [-0.2, -0.15) is 0 Å². The van der Waals surface area contributed by atoms with Gasteiger partial charge in [0.25, 0.3) is 0 Å². The van der Waals surface area contributed by atoms with Gasteiger partial charge < -0.3 is 26.2 Å². The molecule has 0 saturated heterocycles. The highest BCUT2D eigenvalue weighted by Gasteiger charge is 2.13. The molecule has 27 heavy (non-hydrogen) atoms. The molecule has 0 spiro atoms. The molecule has 0 bridgehead atoms. The van der Waals surface area contributed by atoms with Gasteiger partial charge in [0.1, 0.15) is 12.4 Å². The van der Waals surface area contributed by atoms with Crippen LogP contribution in [0.3, 0.4) is 0 Å². The quantitative estimate of drug-likeness (QED) is 0.504. The third kappa shape index (κ3) is 7.79. The van der Waals surface area contributed by atoms with E-state index in [1.807, 2.05) is 30.3 Å². The maximum Gasteiger partial charge on any atom is 0.407 e. The van der Waals surface area contributed by atoms with Crippen LogP contribution in [0, 0.1) is 0 Å². The van der Waals surface area contributed by atoms with Gasteiger partial charge in [0, 0.05) is 13.1 Å². The first kappa shape index (κ1) is 20.3. The molecular formula is C20H25N3O4. The number of benzene rings is 2. The van der Waals surface area contributed by atoms with E-state index < -0.39 is 12.1 Å². The molecular weight excluding hydrogens is 346 g/mol. The Morgan fingerprint density at radius 1 is 1.00 bits per heavy atom. The van der Waals surface area contributed by atoms with Gasteiger partial charge in [0.05, 0.1) is 6.04 Å². The first-order valence-electron chi connectivity index (χ1n) is 8.80. The van der Waals surface area contributed by atoms with Crippen LogP contribution in [0.2, 0.25) is 0 Å². The van der Waals surface area contributed by atoms with Gasteiger partial charge in [-0.3, -0.25) is 4.79 Å². The van der Waals surface area contributed by atoms with Crippen molar-refractivity contribution >= 4 is 12.0 Å². The molecule has 0 heterocycles. The molecule has 0 aliphatic rings. The van der Waals surface area contributed by atoms with Gasteiger partial charge in [-0.25, -0.2) is 4.79 Å². The number of ether oxygens (including phenoxy) is 1. The first-order valence-corrected chi connectivity index (χ1v) is 8.80. The predicted octanol–water partition coefficient (Wildman–Crippen LogP) is 2.04. The number of carbonyl (C=O) groups is 2. The Kier molecular flexibility index (Phi) is 8.12. The standard InChI is InChI=1S/C20H25N3O4/c21-18(19(25)23-13-15-8-10-17(24)11-9-15)7-4-12-22-20(26)27-14-16-5-2-1-3-6-16/h1-3,5-6,8-11,18,24H,4,7,12-14,21H2,(H,22,26)(H,23,25). The van der Waals surface area contributed by atoms with Crippen molar-refractivity contribution in [3.05, 3.63) is 65.7 Å². The van der Waals surface area contributed by atoms with E-state index >= 15 is 0 Å². The molecule has 1 unspecified atom stereocenters. The van der Waals surface area contributed by atoms with Crippen molar-refractivity contribution in [1.82, 2.24) is 10.6 Å². The van der Waals surface area contributed by atoms with E-state index in [2.05, 4.69) is 10.6 Å². The van der Waals surface area contributed by atoms with Gasteiger partial charge in [-0.1, -0.05) is 42.5 Å². The van der Waals surface area contributed by atoms with Crippen molar-refractivity contribution in [1.29, 1.82) is 0 Å². The number of alkyl carbamates (subject to hydrolysis) is 1. The molecule has 0 radical (unpaired) electrons. The summed E-state index contributed by atoms with van der Waals surface area (Å²) in [5.41, 5.74) is 7.65. The molecule has 2 aromatic carbocycles. The maximum absolute atomic E-state index is 12.0. The zero-order chi connectivity index (χ0) is 19.5. The highest BCUT2D eigenvalue weighted by Crippen LogP contribution is 2.09. The van der Waals surface area contributed by atoms with Crippen molar-refractivity contribution in [3.8, 4) is 5.75 Å². The number of rotatable bonds is 9. The zero-order valence-corrected chi connectivity index (χ0v) is 15.1. The molecule has 0 aromatic heterocycles. The number of nitrogens with one attached hydrogen (secondary N) is 2. The molecule has 0 aliphatic heterocycles. The summed E-state index contributed by atoms with van der Waals surface area (Å²) in [6, 6.07) is 15.3. The molecule has 0 saturated carbocycles. The third-order valence-electron chi connectivity index (χ3n) is 3.91. The van der Waals surface area contributed by atoms with Crippen LogP contribution in [0.25, 0.3) is 0 Å². The fraction of sp³-hybridized carbons (Fsp3) is 0.300. The summed E-state index contributed by atoms with van der Waals surface area (Å²) in [4.78, 5) is 23.6. The molecule has 1 atom stereocenters. The Morgan fingerprint density at radius 3 is 2.41 bits per heavy atom. The normalized spacial score (nSPS) is 11.4. The average Bonchev–Trinajstić information content (AvgIpc) is 2.69. The summed E-state index contributed by atoms with van der Waals surface area (Å²) in [5, 5.41) is 14.6. The molecule has 144 valence electrons. The average molecular weight is 371 g/mol. The monoisotopic (exact) mass is 371 g/mol. The number of hydrogen-bond acceptors (Lipinski definition) is 5. The molecule has 7 nitrogen and oxygen atoms in total. The minimum Gasteiger partial charge on any atom is -0.508 e. The van der Waals surface area contributed by atoms with Gasteiger partial charge >= 0.3 is 6.09 Å². The van der Waals surface area contributed by atoms with E-state index in [0.717, 1.165) is 11.1 Å². The second kappa shape index (κ2) is 10.8. The second-order valence-electron chi connectivity index (χ2n) is 6.12. The number of aromatic hydroxyl groups is 1. The van der Waals surface area contributed by atoms with Crippen molar-refractivity contribution in [3.63, 3.8) is 0 Å². The smallest absolute Gasteiger partial charge is 0.407 e. The molecule has 0 aliphatic carbocycles. The Labute approximate surface area is 158 Å². The molecule has 0 fully saturated rings. The summed E-state index contributed by atoms with van der Waals surface area (Å²) in [5.74, 6) is -0.0775. The van der Waals surface area contributed by atoms with Crippen LogP contribution in [0.15, 0.2) is 54.6 Å². The van der Waals surface area contributed by atoms with Crippen LogP contribution >= 0.6 is 0 Å². The number of amides is 2. The fourth-order valence-electron chi connectivity index (χ4n) is 2.35. The highest BCUT2D eigenvalue weighted by molar-refractivity contribution is 5.81. The summed E-state index contributed by atoms with van der Waals surface area (Å²) in [6.07, 6.45) is 0.512. The van der Waals surface area contributed by atoms with Crippen LogP contribution in [-0.2, 0) is 22.7 Å². The summed E-state index contributed by atoms with van der Waals surface area (Å²) < 4.78 is 5.10. The van der Waals surface area contributed by atoms with E-state index in [1.54, 1.807) is 24.3 Å². The number of hydrogen-bond donors (Lipinski definition) is 4. The van der Waals surface area contributed by atoms with Crippen LogP contribution in [0.4, 0.5) is 4.79 Å². The molecule has 2 amide bonds. The zero-order valence-electron chi connectivity index (χ0n) is 15.1. The van der Waals surface area contributed by atoms with Crippen molar-refractivity contribution < 1.29 is 19.4 Å². The Morgan fingerprint density at radius 2 is 1.70 bits per heavy atom. The first-order chi connectivity index (χ1) is 13.0. The van der Waals surface area contributed by atoms with E-state index in [4.69, 9.17) is 10.5 Å². The van der Waals surface area contributed by atoms with Crippen LogP contribution in [0.1, 0.15) is 24.0 Å². The molecule has 7 heteroatoms. The van der Waals surface area contributed by atoms with E-state index in [0.29, 0.717) is 25.9 Å². The van der Waals surface area contributed by atoms with Crippen LogP contribution in [0.5, 0.6) is 5.75 Å². The largest absolute Gasteiger partial charge is 0.508 e. The molecule has 2 rings (SSSR count). The van der Waals surface area contributed by atoms with Gasteiger partial charge in [-0.15, -0.1) is 0 Å². The minimum absolute atomic E-state index is 0.177. The second-order valence-corrected chi connectivity index (χ2v) is 6.12. The topological polar surface area (TPSA) is 114 Å². The lowest BCUT2D eigenvalue weighted by Gasteiger charge is -2.13. The van der Waals surface area contributed by atoms with Gasteiger partial charge in [-0.05, 0) is 36.1 Å². The maximum atomic E-state index is 12.0. The van der Waals surface area contributed by atoms with Crippen LogP contribution in [-0.4, -0.2) is 29.7 Å². The lowest BCUT2D eigenvalue weighted by atomic mass is 10.1. The van der Waals surface area contributed by atoms with Crippen LogP contribution < -0.4 is 16.4 Å². The van der Waals surface area contributed by atoms with Gasteiger partial charge in [0.2, 0.25) is 5.91 Å². The highest BCUT2D eigenvalue weighted by atomic mass is 16.5. The van der Waals surface area contributed by atoms with Crippen molar-refractivity contribution in [2.24, 2.45) is 5.73 Å². The summed E-state index contributed by atoms with van der Waals surface area (Å²) in [6.45, 7) is 0.940. The van der Waals surface area contributed by atoms with E-state index in [9.17, 15) is 14.7 Å². The van der Waals surface area contributed by atoms with Gasteiger partial charge in [0.15, 0.2) is 0 Å². The molecule has 2 aromatic rings.